The molecule has 0 radical (unpaired) electrons. The molecular weight excluding hydrogens is 456 g/mol. The van der Waals surface area contributed by atoms with Crippen molar-refractivity contribution < 1.29 is 13.2 Å². The minimum absolute atomic E-state index is 0.0291. The molecule has 0 bridgehead atoms. The molecule has 0 spiro atoms. The monoisotopic (exact) mass is 472 g/mol. The number of aromatic nitrogens is 2. The fraction of sp³-hybridized carbons (Fsp3) is 0.0952. The van der Waals surface area contributed by atoms with Gasteiger partial charge in [0.1, 0.15) is 22.0 Å². The smallest absolute Gasteiger partial charge is 0.243 e. The van der Waals surface area contributed by atoms with Crippen molar-refractivity contribution in [3.63, 3.8) is 0 Å². The molecule has 31 heavy (non-hydrogen) atoms. The van der Waals surface area contributed by atoms with Crippen LogP contribution in [0, 0.1) is 0 Å². The SMILES string of the molecule is O=C(NCc1ccccc1Cl)[C@@H](NS(=O)(=O)c1cccc2nsnc12)c1ccccc1. The van der Waals surface area contributed by atoms with Crippen molar-refractivity contribution in [3.05, 3.63) is 88.9 Å². The maximum atomic E-state index is 13.2. The zero-order valence-corrected chi connectivity index (χ0v) is 18.4. The van der Waals surface area contributed by atoms with Crippen LogP contribution in [-0.2, 0) is 21.4 Å². The molecule has 0 aliphatic carbocycles. The lowest BCUT2D eigenvalue weighted by Gasteiger charge is -2.19. The van der Waals surface area contributed by atoms with Gasteiger partial charge in [-0.1, -0.05) is 66.2 Å². The van der Waals surface area contributed by atoms with E-state index < -0.39 is 22.0 Å². The number of halogens is 1. The average molecular weight is 473 g/mol. The molecular formula is C21H17ClN4O3S2. The number of carbonyl (C=O) groups is 1. The number of sulfonamides is 1. The predicted octanol–water partition coefficient (Wildman–Crippen LogP) is 3.68. The molecule has 10 heteroatoms. The third kappa shape index (κ3) is 4.75. The van der Waals surface area contributed by atoms with E-state index in [1.54, 1.807) is 60.7 Å². The van der Waals surface area contributed by atoms with Crippen LogP contribution in [0.3, 0.4) is 0 Å². The Morgan fingerprint density at radius 2 is 1.71 bits per heavy atom. The number of carbonyl (C=O) groups excluding carboxylic acids is 1. The van der Waals surface area contributed by atoms with Crippen LogP contribution in [0.1, 0.15) is 17.2 Å². The van der Waals surface area contributed by atoms with Gasteiger partial charge in [0.05, 0.1) is 11.7 Å². The van der Waals surface area contributed by atoms with Gasteiger partial charge in [0.15, 0.2) is 0 Å². The molecule has 4 aromatic rings. The third-order valence-electron chi connectivity index (χ3n) is 4.62. The summed E-state index contributed by atoms with van der Waals surface area (Å²) in [5.41, 5.74) is 1.98. The van der Waals surface area contributed by atoms with E-state index in [0.29, 0.717) is 16.1 Å². The van der Waals surface area contributed by atoms with Crippen molar-refractivity contribution >= 4 is 50.3 Å². The lowest BCUT2D eigenvalue weighted by molar-refractivity contribution is -0.123. The van der Waals surface area contributed by atoms with E-state index in [4.69, 9.17) is 11.6 Å². The normalized spacial score (nSPS) is 12.5. The van der Waals surface area contributed by atoms with Crippen LogP contribution in [0.15, 0.2) is 77.7 Å². The first-order chi connectivity index (χ1) is 15.0. The third-order valence-corrected chi connectivity index (χ3v) is 6.98. The van der Waals surface area contributed by atoms with E-state index in [1.807, 2.05) is 6.07 Å². The summed E-state index contributed by atoms with van der Waals surface area (Å²) < 4.78 is 37.1. The van der Waals surface area contributed by atoms with Gasteiger partial charge >= 0.3 is 0 Å². The second-order valence-corrected chi connectivity index (χ2v) is 9.28. The molecule has 0 fully saturated rings. The molecule has 3 aromatic carbocycles. The predicted molar refractivity (Wildman–Crippen MR) is 120 cm³/mol. The molecule has 0 unspecified atom stereocenters. The Balaban J connectivity index is 1.63. The molecule has 0 saturated heterocycles. The van der Waals surface area contributed by atoms with Gasteiger partial charge in [-0.3, -0.25) is 4.79 Å². The Kier molecular flexibility index (Phi) is 6.28. The van der Waals surface area contributed by atoms with E-state index >= 15 is 0 Å². The quantitative estimate of drug-likeness (QED) is 0.427. The highest BCUT2D eigenvalue weighted by Crippen LogP contribution is 2.24. The van der Waals surface area contributed by atoms with Crippen LogP contribution >= 0.6 is 23.3 Å². The molecule has 0 aliphatic heterocycles. The second-order valence-electron chi connectivity index (χ2n) is 6.66. The Labute approximate surface area is 188 Å². The summed E-state index contributed by atoms with van der Waals surface area (Å²) in [7, 11) is -4.07. The first kappa shape index (κ1) is 21.4. The molecule has 0 aliphatic rings. The van der Waals surface area contributed by atoms with Gasteiger partial charge in [-0.25, -0.2) is 8.42 Å². The van der Waals surface area contributed by atoms with Gasteiger partial charge in [0.2, 0.25) is 15.9 Å². The molecule has 1 atom stereocenters. The zero-order valence-electron chi connectivity index (χ0n) is 16.0. The van der Waals surface area contributed by atoms with Crippen LogP contribution in [0.4, 0.5) is 0 Å². The van der Waals surface area contributed by atoms with Gasteiger partial charge in [0.25, 0.3) is 0 Å². The summed E-state index contributed by atoms with van der Waals surface area (Å²) in [5.74, 6) is -0.502. The summed E-state index contributed by atoms with van der Waals surface area (Å²) in [6.45, 7) is 0.162. The molecule has 2 N–H and O–H groups in total. The Hall–Kier alpha value is -2.85. The topological polar surface area (TPSA) is 101 Å². The molecule has 158 valence electrons. The van der Waals surface area contributed by atoms with Crippen molar-refractivity contribution in [3.8, 4) is 0 Å². The van der Waals surface area contributed by atoms with Gasteiger partial charge in [-0.2, -0.15) is 13.5 Å². The maximum Gasteiger partial charge on any atom is 0.243 e. The second kappa shape index (κ2) is 9.11. The van der Waals surface area contributed by atoms with Gasteiger partial charge in [0, 0.05) is 11.6 Å². The van der Waals surface area contributed by atoms with Crippen molar-refractivity contribution in [1.29, 1.82) is 0 Å². The first-order valence-electron chi connectivity index (χ1n) is 9.25. The van der Waals surface area contributed by atoms with Gasteiger partial charge in [-0.05, 0) is 29.3 Å². The maximum absolute atomic E-state index is 13.2. The van der Waals surface area contributed by atoms with E-state index in [9.17, 15) is 13.2 Å². The molecule has 1 amide bonds. The van der Waals surface area contributed by atoms with Crippen molar-refractivity contribution in [2.75, 3.05) is 0 Å². The molecule has 4 rings (SSSR count). The number of benzene rings is 3. The lowest BCUT2D eigenvalue weighted by Crippen LogP contribution is -2.40. The Morgan fingerprint density at radius 3 is 2.48 bits per heavy atom. The summed E-state index contributed by atoms with van der Waals surface area (Å²) in [6.07, 6.45) is 0. The number of amides is 1. The average Bonchev–Trinajstić information content (AvgIpc) is 3.26. The minimum Gasteiger partial charge on any atom is -0.350 e. The zero-order chi connectivity index (χ0) is 21.8. The number of hydrogen-bond acceptors (Lipinski definition) is 6. The number of nitrogens with one attached hydrogen (secondary N) is 2. The highest BCUT2D eigenvalue weighted by atomic mass is 35.5. The largest absolute Gasteiger partial charge is 0.350 e. The highest BCUT2D eigenvalue weighted by molar-refractivity contribution is 7.89. The van der Waals surface area contributed by atoms with Crippen molar-refractivity contribution in [2.45, 2.75) is 17.5 Å². The van der Waals surface area contributed by atoms with E-state index in [-0.39, 0.29) is 17.0 Å². The van der Waals surface area contributed by atoms with Crippen LogP contribution in [0.5, 0.6) is 0 Å². The molecule has 1 heterocycles. The molecule has 1 aromatic heterocycles. The Bertz CT molecular complexity index is 1330. The van der Waals surface area contributed by atoms with Crippen LogP contribution in [-0.4, -0.2) is 23.1 Å². The van der Waals surface area contributed by atoms with Crippen molar-refractivity contribution in [2.24, 2.45) is 0 Å². The fourth-order valence-electron chi connectivity index (χ4n) is 3.06. The molecule has 0 saturated carbocycles. The van der Waals surface area contributed by atoms with Crippen molar-refractivity contribution in [1.82, 2.24) is 18.8 Å². The fourth-order valence-corrected chi connectivity index (χ4v) is 5.21. The van der Waals surface area contributed by atoms with Crippen LogP contribution in [0.25, 0.3) is 11.0 Å². The Morgan fingerprint density at radius 1 is 0.968 bits per heavy atom. The molecule has 7 nitrogen and oxygen atoms in total. The first-order valence-corrected chi connectivity index (χ1v) is 11.8. The number of hydrogen-bond donors (Lipinski definition) is 2. The van der Waals surface area contributed by atoms with Gasteiger partial charge < -0.3 is 5.32 Å². The van der Waals surface area contributed by atoms with Crippen LogP contribution < -0.4 is 10.0 Å². The lowest BCUT2D eigenvalue weighted by atomic mass is 10.1. The number of nitrogens with zero attached hydrogens (tertiary/aromatic N) is 2. The minimum atomic E-state index is -4.07. The van der Waals surface area contributed by atoms with Gasteiger partial charge in [-0.15, -0.1) is 0 Å². The highest BCUT2D eigenvalue weighted by Gasteiger charge is 2.29. The van der Waals surface area contributed by atoms with E-state index in [0.717, 1.165) is 17.3 Å². The summed E-state index contributed by atoms with van der Waals surface area (Å²) in [5, 5.41) is 3.28. The summed E-state index contributed by atoms with van der Waals surface area (Å²) in [6, 6.07) is 19.3. The number of fused-ring (bicyclic) bond motifs is 1. The van der Waals surface area contributed by atoms with E-state index in [1.165, 1.54) is 6.07 Å². The summed E-state index contributed by atoms with van der Waals surface area (Å²) in [4.78, 5) is 13.0. The summed E-state index contributed by atoms with van der Waals surface area (Å²) >= 11 is 7.09. The van der Waals surface area contributed by atoms with Crippen LogP contribution in [0.2, 0.25) is 5.02 Å². The number of rotatable bonds is 7. The standard InChI is InChI=1S/C21H17ClN4O3S2/c22-16-10-5-4-9-15(16)13-23-21(27)19(14-7-2-1-3-8-14)26-31(28,29)18-12-6-11-17-20(18)25-30-24-17/h1-12,19,26H,13H2,(H,23,27)/t19-/m0/s1. The van der Waals surface area contributed by atoms with E-state index in [2.05, 4.69) is 18.8 Å².